The Hall–Kier alpha value is -0.320. The van der Waals surface area contributed by atoms with Crippen LogP contribution in [0.25, 0.3) is 0 Å². The monoisotopic (exact) mass is 221 g/mol. The maximum absolute atomic E-state index is 11.5. The molecule has 0 radical (unpaired) electrons. The van der Waals surface area contributed by atoms with Crippen molar-refractivity contribution in [2.45, 2.75) is 38.3 Å². The molecule has 4 nitrogen and oxygen atoms in total. The van der Waals surface area contributed by atoms with Crippen LogP contribution in [-0.2, 0) is 4.79 Å². The minimum absolute atomic E-state index is 0. The fourth-order valence-corrected chi connectivity index (χ4v) is 1.35. The molecule has 0 aromatic heterocycles. The zero-order chi connectivity index (χ0) is 9.90. The molecule has 1 saturated heterocycles. The van der Waals surface area contributed by atoms with Gasteiger partial charge in [-0.1, -0.05) is 0 Å². The molecule has 1 heterocycles. The van der Waals surface area contributed by atoms with Gasteiger partial charge in [-0.05, 0) is 33.2 Å². The third-order valence-corrected chi connectivity index (χ3v) is 2.10. The van der Waals surface area contributed by atoms with Gasteiger partial charge in [0.15, 0.2) is 0 Å². The minimum atomic E-state index is -0.325. The van der Waals surface area contributed by atoms with E-state index in [0.29, 0.717) is 6.54 Å². The summed E-state index contributed by atoms with van der Waals surface area (Å²) in [5, 5.41) is 5.98. The molecular formula is C9H20ClN3O. The van der Waals surface area contributed by atoms with Gasteiger partial charge in [-0.15, -0.1) is 12.4 Å². The molecule has 0 aromatic carbocycles. The molecule has 1 rings (SSSR count). The molecule has 0 unspecified atom stereocenters. The number of hydrogen-bond acceptors (Lipinski definition) is 3. The van der Waals surface area contributed by atoms with Gasteiger partial charge < -0.3 is 16.4 Å². The highest BCUT2D eigenvalue weighted by Crippen LogP contribution is 2.04. The Kier molecular flexibility index (Phi) is 5.41. The van der Waals surface area contributed by atoms with E-state index in [1.165, 1.54) is 0 Å². The van der Waals surface area contributed by atoms with Gasteiger partial charge in [0.1, 0.15) is 0 Å². The maximum Gasteiger partial charge on any atom is 0.237 e. The van der Waals surface area contributed by atoms with Crippen molar-refractivity contribution >= 4 is 18.3 Å². The predicted octanol–water partition coefficient (Wildman–Crippen LogP) is 0.0137. The molecule has 84 valence electrons. The van der Waals surface area contributed by atoms with Gasteiger partial charge in [-0.25, -0.2) is 0 Å². The number of carbonyl (C=O) groups is 1. The predicted molar refractivity (Wildman–Crippen MR) is 59.5 cm³/mol. The summed E-state index contributed by atoms with van der Waals surface area (Å²) in [4.78, 5) is 11.5. The number of halogens is 1. The van der Waals surface area contributed by atoms with E-state index < -0.39 is 0 Å². The Morgan fingerprint density at radius 2 is 2.29 bits per heavy atom. The normalized spacial score (nSPS) is 21.5. The van der Waals surface area contributed by atoms with Crippen molar-refractivity contribution in [3.63, 3.8) is 0 Å². The van der Waals surface area contributed by atoms with Crippen molar-refractivity contribution in [2.75, 3.05) is 13.1 Å². The van der Waals surface area contributed by atoms with E-state index in [1.54, 1.807) is 0 Å². The fraction of sp³-hybridized carbons (Fsp3) is 0.889. The lowest BCUT2D eigenvalue weighted by Crippen LogP contribution is -2.49. The third-order valence-electron chi connectivity index (χ3n) is 2.10. The van der Waals surface area contributed by atoms with E-state index in [1.807, 2.05) is 13.8 Å². The first-order valence-corrected chi connectivity index (χ1v) is 4.79. The molecular weight excluding hydrogens is 202 g/mol. The summed E-state index contributed by atoms with van der Waals surface area (Å²) >= 11 is 0. The lowest BCUT2D eigenvalue weighted by atomic mass is 10.1. The van der Waals surface area contributed by atoms with Crippen molar-refractivity contribution in [3.8, 4) is 0 Å². The largest absolute Gasteiger partial charge is 0.353 e. The number of amides is 1. The second kappa shape index (κ2) is 5.53. The van der Waals surface area contributed by atoms with Crippen LogP contribution in [0.2, 0.25) is 0 Å². The number of nitrogens with one attached hydrogen (secondary N) is 2. The highest BCUT2D eigenvalue weighted by molar-refractivity contribution is 5.85. The third kappa shape index (κ3) is 4.79. The van der Waals surface area contributed by atoms with Gasteiger partial charge in [-0.3, -0.25) is 4.79 Å². The van der Waals surface area contributed by atoms with Gasteiger partial charge >= 0.3 is 0 Å². The summed E-state index contributed by atoms with van der Waals surface area (Å²) in [5.74, 6) is 0.0797. The second-order valence-electron chi connectivity index (χ2n) is 4.36. The van der Waals surface area contributed by atoms with E-state index in [4.69, 9.17) is 5.73 Å². The second-order valence-corrected chi connectivity index (χ2v) is 4.36. The Bertz CT molecular complexity index is 185. The van der Waals surface area contributed by atoms with Gasteiger partial charge in [0.25, 0.3) is 0 Å². The first-order valence-electron chi connectivity index (χ1n) is 4.79. The van der Waals surface area contributed by atoms with Crippen LogP contribution in [0.3, 0.4) is 0 Å². The first kappa shape index (κ1) is 13.7. The number of hydrogen-bond donors (Lipinski definition) is 3. The van der Waals surface area contributed by atoms with E-state index in [9.17, 15) is 4.79 Å². The van der Waals surface area contributed by atoms with Crippen LogP contribution in [-0.4, -0.2) is 30.6 Å². The highest BCUT2D eigenvalue weighted by Gasteiger charge is 2.22. The number of carbonyl (C=O) groups excluding carboxylic acids is 1. The molecule has 0 spiro atoms. The van der Waals surface area contributed by atoms with E-state index in [0.717, 1.165) is 19.4 Å². The molecule has 0 bridgehead atoms. The van der Waals surface area contributed by atoms with Crippen LogP contribution >= 0.6 is 12.4 Å². The molecule has 5 heteroatoms. The summed E-state index contributed by atoms with van der Waals surface area (Å²) in [7, 11) is 0. The van der Waals surface area contributed by atoms with Crippen LogP contribution in [0.5, 0.6) is 0 Å². The van der Waals surface area contributed by atoms with Crippen molar-refractivity contribution in [2.24, 2.45) is 5.73 Å². The van der Waals surface area contributed by atoms with Crippen LogP contribution in [0.15, 0.2) is 0 Å². The van der Waals surface area contributed by atoms with Gasteiger partial charge in [0.05, 0.1) is 6.04 Å². The molecule has 14 heavy (non-hydrogen) atoms. The number of rotatable bonds is 3. The van der Waals surface area contributed by atoms with Crippen molar-refractivity contribution in [3.05, 3.63) is 0 Å². The Morgan fingerprint density at radius 3 is 2.71 bits per heavy atom. The van der Waals surface area contributed by atoms with Gasteiger partial charge in [0, 0.05) is 12.1 Å². The minimum Gasteiger partial charge on any atom is -0.353 e. The molecule has 4 N–H and O–H groups in total. The van der Waals surface area contributed by atoms with Crippen molar-refractivity contribution in [1.29, 1.82) is 0 Å². The van der Waals surface area contributed by atoms with E-state index in [2.05, 4.69) is 10.6 Å². The smallest absolute Gasteiger partial charge is 0.237 e. The Balaban J connectivity index is 0.00000169. The van der Waals surface area contributed by atoms with Gasteiger partial charge in [0.2, 0.25) is 5.91 Å². The van der Waals surface area contributed by atoms with Crippen LogP contribution in [0.1, 0.15) is 26.7 Å². The van der Waals surface area contributed by atoms with E-state index in [-0.39, 0.29) is 29.9 Å². The molecule has 1 amide bonds. The van der Waals surface area contributed by atoms with Crippen molar-refractivity contribution < 1.29 is 4.79 Å². The zero-order valence-electron chi connectivity index (χ0n) is 8.80. The Morgan fingerprint density at radius 1 is 1.64 bits per heavy atom. The molecule has 0 aliphatic carbocycles. The van der Waals surface area contributed by atoms with Crippen LogP contribution in [0, 0.1) is 0 Å². The lowest BCUT2D eigenvalue weighted by Gasteiger charge is -2.20. The first-order chi connectivity index (χ1) is 5.99. The summed E-state index contributed by atoms with van der Waals surface area (Å²) in [5.41, 5.74) is 5.42. The average Bonchev–Trinajstić information content (AvgIpc) is 2.50. The summed E-state index contributed by atoms with van der Waals surface area (Å²) in [6.07, 6.45) is 2.03. The van der Waals surface area contributed by atoms with E-state index >= 15 is 0 Å². The summed E-state index contributed by atoms with van der Waals surface area (Å²) < 4.78 is 0. The van der Waals surface area contributed by atoms with Crippen LogP contribution in [0.4, 0.5) is 0 Å². The van der Waals surface area contributed by atoms with Crippen molar-refractivity contribution in [1.82, 2.24) is 10.6 Å². The molecule has 0 saturated carbocycles. The van der Waals surface area contributed by atoms with Gasteiger partial charge in [-0.2, -0.15) is 0 Å². The standard InChI is InChI=1S/C9H19N3O.ClH/c1-9(2,10)6-12-8(13)7-4-3-5-11-7;/h7,11H,3-6,10H2,1-2H3,(H,12,13);1H/t7-;/m0./s1. The SMILES string of the molecule is CC(C)(N)CNC(=O)[C@@H]1CCCN1.Cl. The summed E-state index contributed by atoms with van der Waals surface area (Å²) in [6.45, 7) is 5.28. The average molecular weight is 222 g/mol. The number of nitrogens with two attached hydrogens (primary N) is 1. The Labute approximate surface area is 91.4 Å². The molecule has 1 fully saturated rings. The lowest BCUT2D eigenvalue weighted by molar-refractivity contribution is -0.123. The maximum atomic E-state index is 11.5. The molecule has 0 aromatic rings. The molecule has 1 aliphatic heterocycles. The highest BCUT2D eigenvalue weighted by atomic mass is 35.5. The zero-order valence-corrected chi connectivity index (χ0v) is 9.62. The summed E-state index contributed by atoms with van der Waals surface area (Å²) in [6, 6.07) is 0.00218. The topological polar surface area (TPSA) is 67.1 Å². The molecule has 1 atom stereocenters. The fourth-order valence-electron chi connectivity index (χ4n) is 1.35. The quantitative estimate of drug-likeness (QED) is 0.629. The molecule has 1 aliphatic rings. The van der Waals surface area contributed by atoms with Crippen LogP contribution < -0.4 is 16.4 Å².